The molecule has 0 amide bonds. The smallest absolute Gasteiger partial charge is 0.199 e. The van der Waals surface area contributed by atoms with E-state index in [4.69, 9.17) is 0 Å². The van der Waals surface area contributed by atoms with Gasteiger partial charge in [0.15, 0.2) is 0 Å². The van der Waals surface area contributed by atoms with E-state index >= 15 is 0 Å². The van der Waals surface area contributed by atoms with Crippen LogP contribution in [0, 0.1) is 0 Å². The van der Waals surface area contributed by atoms with Crippen molar-refractivity contribution < 1.29 is 8.42 Å². The lowest BCUT2D eigenvalue weighted by atomic mass is 10.2. The summed E-state index contributed by atoms with van der Waals surface area (Å²) in [5, 5.41) is 0. The zero-order valence-electron chi connectivity index (χ0n) is 11.3. The number of benzene rings is 1. The van der Waals surface area contributed by atoms with Crippen molar-refractivity contribution >= 4 is 10.2 Å². The molecule has 1 aromatic rings. The van der Waals surface area contributed by atoms with E-state index in [1.54, 1.807) is 7.05 Å². The van der Waals surface area contributed by atoms with Gasteiger partial charge in [0.25, 0.3) is 10.2 Å². The second-order valence-corrected chi connectivity index (χ2v) is 6.19. The molecule has 0 aliphatic heterocycles. The van der Waals surface area contributed by atoms with Crippen molar-refractivity contribution in [3.8, 4) is 0 Å². The van der Waals surface area contributed by atoms with Crippen molar-refractivity contribution in [2.75, 3.05) is 7.05 Å². The van der Waals surface area contributed by atoms with E-state index in [-0.39, 0.29) is 6.04 Å². The van der Waals surface area contributed by atoms with Gasteiger partial charge in [-0.25, -0.2) is 0 Å². The van der Waals surface area contributed by atoms with Crippen LogP contribution in [-0.4, -0.2) is 25.8 Å². The molecule has 0 fully saturated rings. The van der Waals surface area contributed by atoms with Crippen LogP contribution in [0.1, 0.15) is 32.3 Å². The molecule has 0 spiro atoms. The fraction of sp³-hybridized carbons (Fsp3) is 0.538. The number of hydrogen-bond acceptors (Lipinski definition) is 2. The number of hydrogen-bond donors (Lipinski definition) is 1. The highest BCUT2D eigenvalue weighted by Gasteiger charge is 2.20. The van der Waals surface area contributed by atoms with Gasteiger partial charge in [-0.1, -0.05) is 44.2 Å². The summed E-state index contributed by atoms with van der Waals surface area (Å²) in [6.45, 7) is 4.35. The lowest BCUT2D eigenvalue weighted by molar-refractivity contribution is 0.437. The molecule has 0 heterocycles. The maximum atomic E-state index is 12.1. The first-order valence-electron chi connectivity index (χ1n) is 6.27. The fourth-order valence-electron chi connectivity index (χ4n) is 1.68. The number of nitrogens with one attached hydrogen (secondary N) is 1. The van der Waals surface area contributed by atoms with Crippen LogP contribution in [0.25, 0.3) is 0 Å². The van der Waals surface area contributed by atoms with Gasteiger partial charge in [-0.05, 0) is 18.4 Å². The van der Waals surface area contributed by atoms with Gasteiger partial charge < -0.3 is 0 Å². The van der Waals surface area contributed by atoms with E-state index in [0.717, 1.165) is 18.4 Å². The van der Waals surface area contributed by atoms with E-state index in [9.17, 15) is 8.42 Å². The molecule has 0 aliphatic carbocycles. The van der Waals surface area contributed by atoms with E-state index in [1.807, 2.05) is 44.2 Å². The Labute approximate surface area is 110 Å². The van der Waals surface area contributed by atoms with Crippen LogP contribution in [0.4, 0.5) is 0 Å². The van der Waals surface area contributed by atoms with E-state index < -0.39 is 10.2 Å². The van der Waals surface area contributed by atoms with Gasteiger partial charge >= 0.3 is 0 Å². The topological polar surface area (TPSA) is 49.4 Å². The lowest BCUT2D eigenvalue weighted by Crippen LogP contribution is -2.42. The Hall–Kier alpha value is -0.910. The molecule has 0 bridgehead atoms. The second kappa shape index (κ2) is 6.87. The van der Waals surface area contributed by atoms with E-state index in [2.05, 4.69) is 4.72 Å². The highest BCUT2D eigenvalue weighted by atomic mass is 32.2. The largest absolute Gasteiger partial charge is 0.279 e. The Morgan fingerprint density at radius 1 is 1.17 bits per heavy atom. The molecule has 4 nitrogen and oxygen atoms in total. The van der Waals surface area contributed by atoms with Crippen LogP contribution >= 0.6 is 0 Å². The number of nitrogens with zero attached hydrogens (tertiary/aromatic N) is 1. The van der Waals surface area contributed by atoms with Gasteiger partial charge in [-0.15, -0.1) is 0 Å². The first-order valence-corrected chi connectivity index (χ1v) is 7.71. The maximum Gasteiger partial charge on any atom is 0.279 e. The van der Waals surface area contributed by atoms with Crippen LogP contribution in [0.3, 0.4) is 0 Å². The summed E-state index contributed by atoms with van der Waals surface area (Å²) < 4.78 is 28.2. The Kier molecular flexibility index (Phi) is 5.78. The Bertz CT molecular complexity index is 441. The molecule has 1 aromatic carbocycles. The summed E-state index contributed by atoms with van der Waals surface area (Å²) in [6, 6.07) is 9.58. The van der Waals surface area contributed by atoms with Gasteiger partial charge in [0.1, 0.15) is 0 Å². The minimum atomic E-state index is -3.40. The lowest BCUT2D eigenvalue weighted by Gasteiger charge is -2.21. The molecule has 0 aromatic heterocycles. The van der Waals surface area contributed by atoms with Crippen molar-refractivity contribution in [2.45, 2.75) is 39.3 Å². The van der Waals surface area contributed by atoms with Crippen molar-refractivity contribution in [3.05, 3.63) is 35.9 Å². The SMILES string of the molecule is CCC(CC)NS(=O)(=O)N(C)Cc1ccccc1. The van der Waals surface area contributed by atoms with Gasteiger partial charge in [-0.3, -0.25) is 0 Å². The summed E-state index contributed by atoms with van der Waals surface area (Å²) in [5.41, 5.74) is 0.981. The Morgan fingerprint density at radius 2 is 1.72 bits per heavy atom. The predicted octanol–water partition coefficient (Wildman–Crippen LogP) is 2.14. The molecule has 102 valence electrons. The van der Waals surface area contributed by atoms with Crippen LogP contribution in [-0.2, 0) is 16.8 Å². The van der Waals surface area contributed by atoms with Gasteiger partial charge in [-0.2, -0.15) is 17.4 Å². The van der Waals surface area contributed by atoms with Crippen molar-refractivity contribution in [2.24, 2.45) is 0 Å². The highest BCUT2D eigenvalue weighted by molar-refractivity contribution is 7.87. The van der Waals surface area contributed by atoms with Crippen LogP contribution in [0.2, 0.25) is 0 Å². The van der Waals surface area contributed by atoms with Crippen LogP contribution < -0.4 is 4.72 Å². The molecule has 0 saturated carbocycles. The third kappa shape index (κ3) is 4.40. The van der Waals surface area contributed by atoms with E-state index in [0.29, 0.717) is 6.54 Å². The molecule has 0 radical (unpaired) electrons. The third-order valence-corrected chi connectivity index (χ3v) is 4.54. The monoisotopic (exact) mass is 270 g/mol. The zero-order chi connectivity index (χ0) is 13.6. The van der Waals surface area contributed by atoms with Crippen molar-refractivity contribution in [1.29, 1.82) is 0 Å². The van der Waals surface area contributed by atoms with Gasteiger partial charge in [0, 0.05) is 19.6 Å². The second-order valence-electron chi connectivity index (χ2n) is 4.38. The molecule has 18 heavy (non-hydrogen) atoms. The quantitative estimate of drug-likeness (QED) is 0.825. The normalized spacial score (nSPS) is 12.3. The molecular weight excluding hydrogens is 248 g/mol. The van der Waals surface area contributed by atoms with Crippen LogP contribution in [0.15, 0.2) is 30.3 Å². The predicted molar refractivity (Wildman–Crippen MR) is 74.3 cm³/mol. The fourth-order valence-corrected chi connectivity index (χ4v) is 2.93. The summed E-state index contributed by atoms with van der Waals surface area (Å²) in [7, 11) is -1.80. The first kappa shape index (κ1) is 15.1. The summed E-state index contributed by atoms with van der Waals surface area (Å²) in [6.07, 6.45) is 1.60. The number of rotatable bonds is 7. The molecule has 1 N–H and O–H groups in total. The summed E-state index contributed by atoms with van der Waals surface area (Å²) in [5.74, 6) is 0. The van der Waals surface area contributed by atoms with E-state index in [1.165, 1.54) is 4.31 Å². The maximum absolute atomic E-state index is 12.1. The molecule has 0 atom stereocenters. The van der Waals surface area contributed by atoms with Gasteiger partial charge in [0.2, 0.25) is 0 Å². The molecule has 5 heteroatoms. The molecule has 1 rings (SSSR count). The first-order chi connectivity index (χ1) is 8.49. The minimum Gasteiger partial charge on any atom is -0.199 e. The summed E-state index contributed by atoms with van der Waals surface area (Å²) >= 11 is 0. The molecule has 0 unspecified atom stereocenters. The Balaban J connectivity index is 2.68. The molecule has 0 aliphatic rings. The van der Waals surface area contributed by atoms with Crippen LogP contribution in [0.5, 0.6) is 0 Å². The zero-order valence-corrected chi connectivity index (χ0v) is 12.1. The minimum absolute atomic E-state index is 0.00761. The van der Waals surface area contributed by atoms with Crippen molar-refractivity contribution in [1.82, 2.24) is 9.03 Å². The summed E-state index contributed by atoms with van der Waals surface area (Å²) in [4.78, 5) is 0. The molecular formula is C13H22N2O2S. The standard InChI is InChI=1S/C13H22N2O2S/c1-4-13(5-2)14-18(16,17)15(3)11-12-9-7-6-8-10-12/h6-10,13-14H,4-5,11H2,1-3H3. The average Bonchev–Trinajstić information content (AvgIpc) is 2.37. The average molecular weight is 270 g/mol. The van der Waals surface area contributed by atoms with Gasteiger partial charge in [0.05, 0.1) is 0 Å². The highest BCUT2D eigenvalue weighted by Crippen LogP contribution is 2.07. The third-order valence-electron chi connectivity index (χ3n) is 2.96. The molecule has 0 saturated heterocycles. The Morgan fingerprint density at radius 3 is 2.22 bits per heavy atom. The van der Waals surface area contributed by atoms with Crippen molar-refractivity contribution in [3.63, 3.8) is 0 Å².